The zero-order chi connectivity index (χ0) is 19.0. The largest absolute Gasteiger partial charge is 0.375 e. The van der Waals surface area contributed by atoms with Crippen molar-refractivity contribution in [3.05, 3.63) is 16.4 Å². The fraction of sp³-hybridized carbons (Fsp3) is 0.722. The molecule has 27 heavy (non-hydrogen) atoms. The van der Waals surface area contributed by atoms with Gasteiger partial charge in [-0.05, 0) is 25.7 Å². The Labute approximate surface area is 163 Å². The monoisotopic (exact) mass is 396 g/mol. The first-order valence-corrected chi connectivity index (χ1v) is 9.84. The van der Waals surface area contributed by atoms with Gasteiger partial charge < -0.3 is 19.3 Å². The van der Waals surface area contributed by atoms with Crippen LogP contribution in [-0.2, 0) is 14.3 Å². The molecule has 1 aromatic rings. The summed E-state index contributed by atoms with van der Waals surface area (Å²) < 4.78 is 11.0. The minimum atomic E-state index is -0.395. The van der Waals surface area contributed by atoms with Gasteiger partial charge in [0.25, 0.3) is 5.91 Å². The van der Waals surface area contributed by atoms with E-state index in [2.05, 4.69) is 10.2 Å². The third kappa shape index (κ3) is 3.70. The van der Waals surface area contributed by atoms with Gasteiger partial charge in [-0.1, -0.05) is 11.6 Å². The number of ether oxygens (including phenoxy) is 2. The summed E-state index contributed by atoms with van der Waals surface area (Å²) in [4.78, 5) is 28.8. The molecule has 1 aliphatic carbocycles. The molecule has 1 spiro atoms. The second-order valence-corrected chi connectivity index (χ2v) is 8.01. The summed E-state index contributed by atoms with van der Waals surface area (Å²) in [6.07, 6.45) is 3.55. The second-order valence-electron chi connectivity index (χ2n) is 7.65. The molecule has 0 bridgehead atoms. The fourth-order valence-corrected chi connectivity index (χ4v) is 4.29. The maximum absolute atomic E-state index is 13.2. The summed E-state index contributed by atoms with van der Waals surface area (Å²) in [6, 6.07) is 0. The lowest BCUT2D eigenvalue weighted by molar-refractivity contribution is -0.149. The Hall–Kier alpha value is -1.64. The number of H-pyrrole nitrogens is 1. The van der Waals surface area contributed by atoms with Crippen molar-refractivity contribution in [2.75, 3.05) is 46.5 Å². The number of morpholine rings is 1. The molecule has 2 amide bonds. The summed E-state index contributed by atoms with van der Waals surface area (Å²) in [6.45, 7) is 2.88. The van der Waals surface area contributed by atoms with Gasteiger partial charge in [-0.2, -0.15) is 5.10 Å². The molecule has 148 valence electrons. The van der Waals surface area contributed by atoms with Gasteiger partial charge >= 0.3 is 0 Å². The predicted molar refractivity (Wildman–Crippen MR) is 97.8 cm³/mol. The number of carbonyl (C=O) groups is 2. The Kier molecular flexibility index (Phi) is 5.13. The van der Waals surface area contributed by atoms with Crippen molar-refractivity contribution in [3.8, 4) is 0 Å². The Morgan fingerprint density at radius 1 is 1.30 bits per heavy atom. The number of likely N-dealkylation sites (tertiary alicyclic amines) is 1. The molecule has 0 aromatic carbocycles. The first kappa shape index (κ1) is 18.7. The van der Waals surface area contributed by atoms with Crippen LogP contribution in [0.4, 0.5) is 0 Å². The van der Waals surface area contributed by atoms with Gasteiger partial charge in [-0.3, -0.25) is 14.7 Å². The van der Waals surface area contributed by atoms with Crippen LogP contribution in [0.3, 0.4) is 0 Å². The van der Waals surface area contributed by atoms with Gasteiger partial charge in [0.15, 0.2) is 5.15 Å². The lowest BCUT2D eigenvalue weighted by Crippen LogP contribution is -2.58. The number of piperidine rings is 1. The molecular formula is C18H25ClN4O4. The minimum Gasteiger partial charge on any atom is -0.375 e. The lowest BCUT2D eigenvalue weighted by Gasteiger charge is -2.47. The van der Waals surface area contributed by atoms with Crippen molar-refractivity contribution in [3.63, 3.8) is 0 Å². The highest BCUT2D eigenvalue weighted by Gasteiger charge is 2.43. The predicted octanol–water partition coefficient (Wildman–Crippen LogP) is 1.42. The number of nitrogens with zero attached hydrogens (tertiary/aromatic N) is 3. The number of aromatic amines is 1. The first-order valence-electron chi connectivity index (χ1n) is 9.47. The van der Waals surface area contributed by atoms with Crippen LogP contribution in [0.25, 0.3) is 0 Å². The van der Waals surface area contributed by atoms with E-state index in [1.54, 1.807) is 4.90 Å². The smallest absolute Gasteiger partial charge is 0.259 e. The van der Waals surface area contributed by atoms with Crippen molar-refractivity contribution < 1.29 is 19.1 Å². The molecule has 2 aliphatic heterocycles. The molecule has 3 heterocycles. The Morgan fingerprint density at radius 3 is 2.70 bits per heavy atom. The molecule has 1 N–H and O–H groups in total. The average Bonchev–Trinajstić information content (AvgIpc) is 3.44. The molecule has 1 aromatic heterocycles. The molecule has 0 atom stereocenters. The fourth-order valence-electron chi connectivity index (χ4n) is 4.06. The number of carbonyl (C=O) groups excluding carboxylic acids is 2. The van der Waals surface area contributed by atoms with Gasteiger partial charge in [0.2, 0.25) is 5.91 Å². The number of nitrogens with one attached hydrogen (secondary N) is 1. The van der Waals surface area contributed by atoms with E-state index in [9.17, 15) is 9.59 Å². The number of rotatable bonds is 4. The molecule has 0 unspecified atom stereocenters. The van der Waals surface area contributed by atoms with E-state index in [1.807, 2.05) is 4.90 Å². The van der Waals surface area contributed by atoms with Gasteiger partial charge in [-0.15, -0.1) is 0 Å². The molecule has 3 aliphatic rings. The number of halogens is 1. The zero-order valence-electron chi connectivity index (χ0n) is 15.5. The molecular weight excluding hydrogens is 372 g/mol. The average molecular weight is 397 g/mol. The summed E-state index contributed by atoms with van der Waals surface area (Å²) in [5, 5.41) is 7.24. The van der Waals surface area contributed by atoms with Crippen LogP contribution in [0.5, 0.6) is 0 Å². The first-order chi connectivity index (χ1) is 13.0. The van der Waals surface area contributed by atoms with E-state index in [4.69, 9.17) is 21.1 Å². The minimum absolute atomic E-state index is 0.00431. The highest BCUT2D eigenvalue weighted by atomic mass is 35.5. The second kappa shape index (κ2) is 7.41. The summed E-state index contributed by atoms with van der Waals surface area (Å²) in [5.74, 6) is 0.292. The van der Waals surface area contributed by atoms with Crippen molar-refractivity contribution in [2.45, 2.75) is 37.2 Å². The maximum Gasteiger partial charge on any atom is 0.259 e. The van der Waals surface area contributed by atoms with Gasteiger partial charge in [0.1, 0.15) is 6.61 Å². The number of aromatic nitrogens is 2. The van der Waals surface area contributed by atoms with Gasteiger partial charge in [-0.25, -0.2) is 0 Å². The molecule has 0 radical (unpaired) electrons. The van der Waals surface area contributed by atoms with E-state index >= 15 is 0 Å². The quantitative estimate of drug-likeness (QED) is 0.831. The van der Waals surface area contributed by atoms with Crippen LogP contribution < -0.4 is 0 Å². The Balaban J connectivity index is 1.44. The van der Waals surface area contributed by atoms with Gasteiger partial charge in [0, 0.05) is 32.7 Å². The summed E-state index contributed by atoms with van der Waals surface area (Å²) in [7, 11) is 1.52. The van der Waals surface area contributed by atoms with Crippen molar-refractivity contribution >= 4 is 23.4 Å². The van der Waals surface area contributed by atoms with Crippen molar-refractivity contribution in [1.29, 1.82) is 0 Å². The van der Waals surface area contributed by atoms with Crippen LogP contribution in [0, 0.1) is 0 Å². The van der Waals surface area contributed by atoms with Crippen LogP contribution in [0.1, 0.15) is 47.7 Å². The van der Waals surface area contributed by atoms with Crippen molar-refractivity contribution in [2.24, 2.45) is 0 Å². The number of hydrogen-bond acceptors (Lipinski definition) is 5. The molecule has 1 saturated carbocycles. The van der Waals surface area contributed by atoms with Crippen molar-refractivity contribution in [1.82, 2.24) is 20.0 Å². The van der Waals surface area contributed by atoms with E-state index in [1.165, 1.54) is 7.11 Å². The zero-order valence-corrected chi connectivity index (χ0v) is 16.3. The lowest BCUT2D eigenvalue weighted by atomic mass is 9.89. The highest BCUT2D eigenvalue weighted by molar-refractivity contribution is 6.32. The summed E-state index contributed by atoms with van der Waals surface area (Å²) >= 11 is 6.21. The third-order valence-electron chi connectivity index (χ3n) is 5.78. The number of hydrogen-bond donors (Lipinski definition) is 1. The molecule has 3 fully saturated rings. The topological polar surface area (TPSA) is 87.8 Å². The standard InChI is InChI=1S/C18H25ClN4O4/c1-26-10-13(24)22-6-4-18(5-7-22)11-23(8-9-27-18)17(25)14-15(12-2-3-12)20-21-16(14)19/h12H,2-11H2,1H3,(H,20,21). The van der Waals surface area contributed by atoms with Crippen LogP contribution in [0.15, 0.2) is 0 Å². The molecule has 4 rings (SSSR count). The van der Waals surface area contributed by atoms with Gasteiger partial charge in [0.05, 0.1) is 30.0 Å². The SMILES string of the molecule is COCC(=O)N1CCC2(CC1)CN(C(=O)c1c(Cl)n[nH]c1C1CC1)CCO2. The number of methoxy groups -OCH3 is 1. The van der Waals surface area contributed by atoms with E-state index in [0.717, 1.165) is 18.5 Å². The van der Waals surface area contributed by atoms with E-state index in [-0.39, 0.29) is 23.6 Å². The number of amides is 2. The molecule has 2 saturated heterocycles. The summed E-state index contributed by atoms with van der Waals surface area (Å²) in [5.41, 5.74) is 0.989. The van der Waals surface area contributed by atoms with E-state index < -0.39 is 5.60 Å². The normalized spacial score (nSPS) is 22.3. The molecule has 9 heteroatoms. The third-order valence-corrected chi connectivity index (χ3v) is 6.05. The Morgan fingerprint density at radius 2 is 2.04 bits per heavy atom. The highest BCUT2D eigenvalue weighted by Crippen LogP contribution is 2.42. The van der Waals surface area contributed by atoms with Crippen LogP contribution in [0.2, 0.25) is 5.15 Å². The molecule has 8 nitrogen and oxygen atoms in total. The maximum atomic E-state index is 13.2. The van der Waals surface area contributed by atoms with E-state index in [0.29, 0.717) is 57.1 Å². The Bertz CT molecular complexity index is 725. The van der Waals surface area contributed by atoms with Crippen LogP contribution in [-0.4, -0.2) is 83.9 Å². The van der Waals surface area contributed by atoms with Crippen LogP contribution >= 0.6 is 11.6 Å².